The van der Waals surface area contributed by atoms with Crippen LogP contribution in [0.2, 0.25) is 0 Å². The van der Waals surface area contributed by atoms with Crippen LogP contribution in [0.1, 0.15) is 16.8 Å². The highest BCUT2D eigenvalue weighted by Gasteiger charge is 2.02. The molecule has 1 aromatic carbocycles. The number of rotatable bonds is 1. The zero-order valence-electron chi connectivity index (χ0n) is 9.36. The number of hydrogen-bond donors (Lipinski definition) is 0. The molecule has 1 aromatic heterocycles. The Balaban J connectivity index is 2.47. The molecule has 16 heavy (non-hydrogen) atoms. The highest BCUT2D eigenvalue weighted by Crippen LogP contribution is 2.23. The van der Waals surface area contributed by atoms with E-state index in [4.69, 9.17) is 5.26 Å². The van der Waals surface area contributed by atoms with E-state index in [0.29, 0.717) is 5.69 Å². The van der Waals surface area contributed by atoms with Crippen LogP contribution in [0.5, 0.6) is 0 Å². The molecule has 0 spiro atoms. The summed E-state index contributed by atoms with van der Waals surface area (Å²) in [4.78, 5) is 4.08. The summed E-state index contributed by atoms with van der Waals surface area (Å²) in [5.74, 6) is 0. The van der Waals surface area contributed by atoms with Gasteiger partial charge in [0.25, 0.3) is 0 Å². The van der Waals surface area contributed by atoms with Crippen molar-refractivity contribution < 1.29 is 0 Å². The average Bonchev–Trinajstić information content (AvgIpc) is 2.29. The van der Waals surface area contributed by atoms with Gasteiger partial charge in [-0.1, -0.05) is 23.8 Å². The van der Waals surface area contributed by atoms with Crippen LogP contribution >= 0.6 is 0 Å². The Morgan fingerprint density at radius 2 is 1.94 bits per heavy atom. The van der Waals surface area contributed by atoms with Gasteiger partial charge in [0.2, 0.25) is 0 Å². The van der Waals surface area contributed by atoms with Crippen LogP contribution in [0.3, 0.4) is 0 Å². The molecule has 2 aromatic rings. The number of nitriles is 1. The van der Waals surface area contributed by atoms with Crippen molar-refractivity contribution in [2.75, 3.05) is 0 Å². The van der Waals surface area contributed by atoms with E-state index in [1.165, 1.54) is 16.7 Å². The topological polar surface area (TPSA) is 36.7 Å². The summed E-state index contributed by atoms with van der Waals surface area (Å²) in [6, 6.07) is 12.0. The molecule has 0 atom stereocenters. The Labute approximate surface area is 95.2 Å². The minimum absolute atomic E-state index is 0.452. The lowest BCUT2D eigenvalue weighted by Gasteiger charge is -2.06. The highest BCUT2D eigenvalue weighted by atomic mass is 14.7. The van der Waals surface area contributed by atoms with E-state index < -0.39 is 0 Å². The molecule has 0 aliphatic carbocycles. The van der Waals surface area contributed by atoms with E-state index in [9.17, 15) is 0 Å². The number of aryl methyl sites for hydroxylation is 2. The molecular weight excluding hydrogens is 196 g/mol. The molecule has 0 N–H and O–H groups in total. The van der Waals surface area contributed by atoms with Gasteiger partial charge in [0.1, 0.15) is 11.8 Å². The second-order valence-corrected chi connectivity index (χ2v) is 3.86. The van der Waals surface area contributed by atoms with Gasteiger partial charge < -0.3 is 0 Å². The Kier molecular flexibility index (Phi) is 2.70. The van der Waals surface area contributed by atoms with E-state index in [1.54, 1.807) is 12.3 Å². The summed E-state index contributed by atoms with van der Waals surface area (Å²) >= 11 is 0. The second-order valence-electron chi connectivity index (χ2n) is 3.86. The predicted octanol–water partition coefficient (Wildman–Crippen LogP) is 3.24. The molecule has 0 saturated heterocycles. The Morgan fingerprint density at radius 1 is 1.12 bits per heavy atom. The van der Waals surface area contributed by atoms with Crippen molar-refractivity contribution in [3.05, 3.63) is 53.3 Å². The first-order valence-electron chi connectivity index (χ1n) is 5.14. The molecule has 2 heteroatoms. The molecule has 0 radical (unpaired) electrons. The summed E-state index contributed by atoms with van der Waals surface area (Å²) in [7, 11) is 0. The van der Waals surface area contributed by atoms with Crippen molar-refractivity contribution >= 4 is 0 Å². The van der Waals surface area contributed by atoms with Crippen LogP contribution < -0.4 is 0 Å². The van der Waals surface area contributed by atoms with Crippen LogP contribution in [0.4, 0.5) is 0 Å². The maximum absolute atomic E-state index is 8.68. The average molecular weight is 208 g/mol. The standard InChI is InChI=1S/C14H12N2/c1-10-3-6-14(11(2)7-10)12-4-5-13(8-15)16-9-12/h3-7,9H,1-2H3. The smallest absolute Gasteiger partial charge is 0.140 e. The van der Waals surface area contributed by atoms with E-state index in [2.05, 4.69) is 37.0 Å². The largest absolute Gasteiger partial charge is 0.245 e. The molecule has 0 bridgehead atoms. The molecule has 2 rings (SSSR count). The van der Waals surface area contributed by atoms with Crippen molar-refractivity contribution in [1.29, 1.82) is 5.26 Å². The maximum Gasteiger partial charge on any atom is 0.140 e. The van der Waals surface area contributed by atoms with Crippen LogP contribution in [0.25, 0.3) is 11.1 Å². The van der Waals surface area contributed by atoms with E-state index in [-0.39, 0.29) is 0 Å². The quantitative estimate of drug-likeness (QED) is 0.721. The third-order valence-electron chi connectivity index (χ3n) is 2.57. The third-order valence-corrected chi connectivity index (χ3v) is 2.57. The fourth-order valence-electron chi connectivity index (χ4n) is 1.76. The monoisotopic (exact) mass is 208 g/mol. The molecule has 0 fully saturated rings. The third kappa shape index (κ3) is 1.94. The normalized spacial score (nSPS) is 9.81. The molecule has 0 saturated carbocycles. The van der Waals surface area contributed by atoms with Crippen LogP contribution in [-0.4, -0.2) is 4.98 Å². The van der Waals surface area contributed by atoms with Crippen molar-refractivity contribution in [3.8, 4) is 17.2 Å². The molecule has 1 heterocycles. The summed E-state index contributed by atoms with van der Waals surface area (Å²) in [5.41, 5.74) is 5.15. The molecular formula is C14H12N2. The summed E-state index contributed by atoms with van der Waals surface area (Å²) in [6.07, 6.45) is 1.75. The van der Waals surface area contributed by atoms with Gasteiger partial charge in [0.15, 0.2) is 0 Å². The summed E-state index contributed by atoms with van der Waals surface area (Å²) in [6.45, 7) is 4.16. The van der Waals surface area contributed by atoms with Gasteiger partial charge >= 0.3 is 0 Å². The minimum Gasteiger partial charge on any atom is -0.245 e. The van der Waals surface area contributed by atoms with Gasteiger partial charge in [0, 0.05) is 11.8 Å². The lowest BCUT2D eigenvalue weighted by Crippen LogP contribution is -1.87. The Hall–Kier alpha value is -2.14. The number of nitrogens with zero attached hydrogens (tertiary/aromatic N) is 2. The molecule has 2 nitrogen and oxygen atoms in total. The van der Waals surface area contributed by atoms with Gasteiger partial charge in [-0.05, 0) is 37.1 Å². The van der Waals surface area contributed by atoms with Crippen LogP contribution in [0, 0.1) is 25.2 Å². The molecule has 0 aliphatic heterocycles. The number of aromatic nitrogens is 1. The lowest BCUT2D eigenvalue weighted by molar-refractivity contribution is 1.26. The Bertz CT molecular complexity index is 548. The number of pyridine rings is 1. The van der Waals surface area contributed by atoms with E-state index >= 15 is 0 Å². The maximum atomic E-state index is 8.68. The second kappa shape index (κ2) is 4.16. The summed E-state index contributed by atoms with van der Waals surface area (Å²) < 4.78 is 0. The van der Waals surface area contributed by atoms with Crippen LogP contribution in [0.15, 0.2) is 36.5 Å². The van der Waals surface area contributed by atoms with Crippen molar-refractivity contribution in [2.45, 2.75) is 13.8 Å². The molecule has 0 unspecified atom stereocenters. The van der Waals surface area contributed by atoms with Crippen molar-refractivity contribution in [2.24, 2.45) is 0 Å². The zero-order chi connectivity index (χ0) is 11.5. The zero-order valence-corrected chi connectivity index (χ0v) is 9.36. The highest BCUT2D eigenvalue weighted by molar-refractivity contribution is 5.66. The van der Waals surface area contributed by atoms with Gasteiger partial charge in [-0.25, -0.2) is 4.98 Å². The lowest BCUT2D eigenvalue weighted by atomic mass is 10.00. The number of hydrogen-bond acceptors (Lipinski definition) is 2. The van der Waals surface area contributed by atoms with Crippen molar-refractivity contribution in [3.63, 3.8) is 0 Å². The van der Waals surface area contributed by atoms with E-state index in [1.807, 2.05) is 12.1 Å². The first-order valence-corrected chi connectivity index (χ1v) is 5.14. The summed E-state index contributed by atoms with van der Waals surface area (Å²) in [5, 5.41) is 8.68. The fraction of sp³-hybridized carbons (Fsp3) is 0.143. The van der Waals surface area contributed by atoms with Gasteiger partial charge in [-0.3, -0.25) is 0 Å². The molecule has 0 amide bonds. The van der Waals surface area contributed by atoms with Crippen LogP contribution in [-0.2, 0) is 0 Å². The van der Waals surface area contributed by atoms with E-state index in [0.717, 1.165) is 5.56 Å². The van der Waals surface area contributed by atoms with Gasteiger partial charge in [0.05, 0.1) is 0 Å². The van der Waals surface area contributed by atoms with Gasteiger partial charge in [-0.15, -0.1) is 0 Å². The minimum atomic E-state index is 0.452. The molecule has 0 aliphatic rings. The first kappa shape index (κ1) is 10.4. The number of benzene rings is 1. The van der Waals surface area contributed by atoms with Gasteiger partial charge in [-0.2, -0.15) is 5.26 Å². The SMILES string of the molecule is Cc1ccc(-c2ccc(C#N)nc2)c(C)c1. The Morgan fingerprint density at radius 3 is 2.50 bits per heavy atom. The van der Waals surface area contributed by atoms with Crippen molar-refractivity contribution in [1.82, 2.24) is 4.98 Å². The predicted molar refractivity (Wildman–Crippen MR) is 63.9 cm³/mol. The fourth-order valence-corrected chi connectivity index (χ4v) is 1.76. The first-order chi connectivity index (χ1) is 7.70. The molecule has 78 valence electrons.